The summed E-state index contributed by atoms with van der Waals surface area (Å²) in [4.78, 5) is 34.5. The van der Waals surface area contributed by atoms with Gasteiger partial charge >= 0.3 is 12.1 Å². The molecule has 0 radical (unpaired) electrons. The SMILES string of the molecule is C/C(=C\CNC(=O)OCC1c2ccccc2-c2ccccc21)C(=O)NCCCC(=O)O. The highest BCUT2D eigenvalue weighted by Gasteiger charge is 2.28. The first-order valence-corrected chi connectivity index (χ1v) is 10.2. The predicted molar refractivity (Wildman–Crippen MR) is 117 cm³/mol. The molecule has 31 heavy (non-hydrogen) atoms. The average molecular weight is 422 g/mol. The number of carboxylic acid groups (broad SMARTS) is 1. The lowest BCUT2D eigenvalue weighted by Gasteiger charge is -2.14. The first-order chi connectivity index (χ1) is 15.0. The number of carbonyl (C=O) groups is 3. The molecule has 0 fully saturated rings. The van der Waals surface area contributed by atoms with Crippen LogP contribution in [0.25, 0.3) is 11.1 Å². The van der Waals surface area contributed by atoms with Crippen LogP contribution in [0.2, 0.25) is 0 Å². The monoisotopic (exact) mass is 422 g/mol. The number of hydrogen-bond acceptors (Lipinski definition) is 4. The van der Waals surface area contributed by atoms with Crippen LogP contribution in [0.1, 0.15) is 36.8 Å². The van der Waals surface area contributed by atoms with Gasteiger partial charge in [-0.25, -0.2) is 4.79 Å². The smallest absolute Gasteiger partial charge is 0.407 e. The van der Waals surface area contributed by atoms with Crippen molar-refractivity contribution >= 4 is 18.0 Å². The molecule has 2 amide bonds. The van der Waals surface area contributed by atoms with Gasteiger partial charge in [0.2, 0.25) is 5.91 Å². The fourth-order valence-corrected chi connectivity index (χ4v) is 3.61. The van der Waals surface area contributed by atoms with E-state index in [4.69, 9.17) is 9.84 Å². The van der Waals surface area contributed by atoms with E-state index in [1.165, 1.54) is 11.1 Å². The van der Waals surface area contributed by atoms with E-state index in [0.29, 0.717) is 12.0 Å². The van der Waals surface area contributed by atoms with Gasteiger partial charge in [0.15, 0.2) is 0 Å². The second kappa shape index (κ2) is 10.4. The van der Waals surface area contributed by atoms with Crippen LogP contribution >= 0.6 is 0 Å². The molecule has 7 heteroatoms. The molecule has 162 valence electrons. The second-order valence-corrected chi connectivity index (χ2v) is 7.35. The highest BCUT2D eigenvalue weighted by Crippen LogP contribution is 2.44. The number of rotatable bonds is 9. The minimum absolute atomic E-state index is 0.00633. The van der Waals surface area contributed by atoms with Crippen LogP contribution in [0.15, 0.2) is 60.2 Å². The summed E-state index contributed by atoms with van der Waals surface area (Å²) in [5.74, 6) is -1.19. The zero-order valence-corrected chi connectivity index (χ0v) is 17.4. The van der Waals surface area contributed by atoms with E-state index in [9.17, 15) is 14.4 Å². The first-order valence-electron chi connectivity index (χ1n) is 10.2. The van der Waals surface area contributed by atoms with Crippen molar-refractivity contribution in [3.8, 4) is 11.1 Å². The summed E-state index contributed by atoms with van der Waals surface area (Å²) in [6.07, 6.45) is 1.42. The summed E-state index contributed by atoms with van der Waals surface area (Å²) in [5.41, 5.74) is 5.06. The maximum atomic E-state index is 12.1. The van der Waals surface area contributed by atoms with Gasteiger partial charge in [0.25, 0.3) is 0 Å². The summed E-state index contributed by atoms with van der Waals surface area (Å²) in [6.45, 7) is 2.31. The van der Waals surface area contributed by atoms with E-state index < -0.39 is 12.1 Å². The number of hydrogen-bond donors (Lipinski definition) is 3. The molecule has 0 aliphatic heterocycles. The molecule has 3 N–H and O–H groups in total. The van der Waals surface area contributed by atoms with Gasteiger partial charge in [0.05, 0.1) is 0 Å². The number of alkyl carbamates (subject to hydrolysis) is 1. The molecule has 0 unspecified atom stereocenters. The Morgan fingerprint density at radius 1 is 1.00 bits per heavy atom. The maximum absolute atomic E-state index is 12.1. The van der Waals surface area contributed by atoms with Crippen LogP contribution in [0, 0.1) is 0 Å². The topological polar surface area (TPSA) is 105 Å². The number of aliphatic carboxylic acids is 1. The minimum Gasteiger partial charge on any atom is -0.481 e. The molecule has 0 bridgehead atoms. The summed E-state index contributed by atoms with van der Waals surface area (Å²) < 4.78 is 5.45. The van der Waals surface area contributed by atoms with Crippen LogP contribution in [-0.2, 0) is 14.3 Å². The summed E-state index contributed by atoms with van der Waals surface area (Å²) in [5, 5.41) is 13.9. The third-order valence-corrected chi connectivity index (χ3v) is 5.21. The van der Waals surface area contributed by atoms with E-state index in [-0.39, 0.29) is 37.9 Å². The van der Waals surface area contributed by atoms with Crippen LogP contribution < -0.4 is 10.6 Å². The molecule has 1 aliphatic carbocycles. The third kappa shape index (κ3) is 5.72. The van der Waals surface area contributed by atoms with E-state index in [1.807, 2.05) is 24.3 Å². The zero-order chi connectivity index (χ0) is 22.2. The van der Waals surface area contributed by atoms with E-state index >= 15 is 0 Å². The van der Waals surface area contributed by atoms with Crippen molar-refractivity contribution in [1.82, 2.24) is 10.6 Å². The summed E-state index contributed by atoms with van der Waals surface area (Å²) in [6, 6.07) is 16.2. The maximum Gasteiger partial charge on any atom is 0.407 e. The highest BCUT2D eigenvalue weighted by molar-refractivity contribution is 5.92. The Labute approximate surface area is 181 Å². The van der Waals surface area contributed by atoms with Crippen LogP contribution in [0.5, 0.6) is 0 Å². The Morgan fingerprint density at radius 2 is 1.61 bits per heavy atom. The largest absolute Gasteiger partial charge is 0.481 e. The van der Waals surface area contributed by atoms with Crippen LogP contribution in [0.4, 0.5) is 4.79 Å². The van der Waals surface area contributed by atoms with Crippen molar-refractivity contribution in [2.75, 3.05) is 19.7 Å². The summed E-state index contributed by atoms with van der Waals surface area (Å²) >= 11 is 0. The van der Waals surface area contributed by atoms with Crippen molar-refractivity contribution in [2.45, 2.75) is 25.7 Å². The second-order valence-electron chi connectivity index (χ2n) is 7.35. The van der Waals surface area contributed by atoms with Gasteiger partial charge in [-0.05, 0) is 35.6 Å². The molecule has 0 aromatic heterocycles. The number of carbonyl (C=O) groups excluding carboxylic acids is 2. The van der Waals surface area contributed by atoms with Gasteiger partial charge in [-0.1, -0.05) is 54.6 Å². The number of nitrogens with one attached hydrogen (secondary N) is 2. The van der Waals surface area contributed by atoms with Crippen molar-refractivity contribution in [3.63, 3.8) is 0 Å². The van der Waals surface area contributed by atoms with Gasteiger partial charge < -0.3 is 20.5 Å². The fourth-order valence-electron chi connectivity index (χ4n) is 3.61. The lowest BCUT2D eigenvalue weighted by molar-refractivity contribution is -0.137. The molecular weight excluding hydrogens is 396 g/mol. The predicted octanol–water partition coefficient (Wildman–Crippen LogP) is 3.45. The zero-order valence-electron chi connectivity index (χ0n) is 17.4. The molecular formula is C24H26N2O5. The van der Waals surface area contributed by atoms with E-state index in [2.05, 4.69) is 34.9 Å². The molecule has 7 nitrogen and oxygen atoms in total. The Kier molecular flexibility index (Phi) is 7.43. The Hall–Kier alpha value is -3.61. The fraction of sp³-hybridized carbons (Fsp3) is 0.292. The molecule has 2 aromatic carbocycles. The quantitative estimate of drug-likeness (QED) is 0.424. The first kappa shape index (κ1) is 22.1. The molecule has 0 spiro atoms. The molecule has 0 heterocycles. The van der Waals surface area contributed by atoms with Gasteiger partial charge in [0.1, 0.15) is 6.61 Å². The molecule has 2 aromatic rings. The van der Waals surface area contributed by atoms with Crippen LogP contribution in [-0.4, -0.2) is 42.8 Å². The van der Waals surface area contributed by atoms with Crippen LogP contribution in [0.3, 0.4) is 0 Å². The Morgan fingerprint density at radius 3 is 2.23 bits per heavy atom. The number of benzene rings is 2. The minimum atomic E-state index is -0.895. The third-order valence-electron chi connectivity index (χ3n) is 5.21. The van der Waals surface area contributed by atoms with Gasteiger partial charge in [-0.2, -0.15) is 0 Å². The molecule has 0 saturated heterocycles. The Bertz CT molecular complexity index is 953. The van der Waals surface area contributed by atoms with Gasteiger partial charge in [-0.15, -0.1) is 0 Å². The average Bonchev–Trinajstić information content (AvgIpc) is 3.08. The molecule has 0 saturated carbocycles. The molecule has 1 aliphatic rings. The lowest BCUT2D eigenvalue weighted by atomic mass is 9.98. The highest BCUT2D eigenvalue weighted by atomic mass is 16.5. The molecule has 3 rings (SSSR count). The number of amides is 2. The van der Waals surface area contributed by atoms with Crippen molar-refractivity contribution in [2.24, 2.45) is 0 Å². The van der Waals surface area contributed by atoms with Crippen molar-refractivity contribution in [1.29, 1.82) is 0 Å². The van der Waals surface area contributed by atoms with Gasteiger partial charge in [0, 0.05) is 31.0 Å². The number of carboxylic acids is 1. The Balaban J connectivity index is 1.46. The van der Waals surface area contributed by atoms with Crippen molar-refractivity contribution in [3.05, 3.63) is 71.3 Å². The number of ether oxygens (including phenoxy) is 1. The lowest BCUT2D eigenvalue weighted by Crippen LogP contribution is -2.28. The normalized spacial score (nSPS) is 12.6. The standard InChI is InChI=1S/C24H26N2O5/c1-16(23(29)25-13-6-11-22(27)28)12-14-26-24(30)31-15-21-19-9-4-2-7-17(19)18-8-3-5-10-20(18)21/h2-5,7-10,12,21H,6,11,13-15H2,1H3,(H,25,29)(H,26,30)(H,27,28)/b16-12+. The summed E-state index contributed by atoms with van der Waals surface area (Å²) in [7, 11) is 0. The van der Waals surface area contributed by atoms with E-state index in [1.54, 1.807) is 13.0 Å². The number of fused-ring (bicyclic) bond motifs is 3. The molecule has 0 atom stereocenters. The van der Waals surface area contributed by atoms with Crippen molar-refractivity contribution < 1.29 is 24.2 Å². The van der Waals surface area contributed by atoms with E-state index in [0.717, 1.165) is 11.1 Å². The van der Waals surface area contributed by atoms with Gasteiger partial charge in [-0.3, -0.25) is 9.59 Å².